The quantitative estimate of drug-likeness (QED) is 0.781. The number of rotatable bonds is 7. The highest BCUT2D eigenvalue weighted by molar-refractivity contribution is 7.89. The molecule has 21 heavy (non-hydrogen) atoms. The Bertz CT molecular complexity index is 636. The van der Waals surface area contributed by atoms with Gasteiger partial charge >= 0.3 is 0 Å². The van der Waals surface area contributed by atoms with Crippen LogP contribution in [-0.4, -0.2) is 38.4 Å². The Hall–Kier alpha value is -1.66. The molecule has 0 unspecified atom stereocenters. The Kier molecular flexibility index (Phi) is 4.80. The van der Waals surface area contributed by atoms with Crippen molar-refractivity contribution in [1.29, 1.82) is 0 Å². The lowest BCUT2D eigenvalue weighted by Gasteiger charge is -2.20. The van der Waals surface area contributed by atoms with E-state index in [1.165, 1.54) is 18.2 Å². The molecule has 0 radical (unpaired) electrons. The van der Waals surface area contributed by atoms with E-state index in [0.29, 0.717) is 18.2 Å². The van der Waals surface area contributed by atoms with Crippen molar-refractivity contribution >= 4 is 15.9 Å². The summed E-state index contributed by atoms with van der Waals surface area (Å²) in [7, 11) is -3.61. The molecule has 0 spiro atoms. The first kappa shape index (κ1) is 15.7. The van der Waals surface area contributed by atoms with Crippen molar-refractivity contribution in [2.75, 3.05) is 13.1 Å². The van der Waals surface area contributed by atoms with Crippen LogP contribution in [-0.2, 0) is 10.0 Å². The fraction of sp³-hybridized carbons (Fsp3) is 0.400. The lowest BCUT2D eigenvalue weighted by atomic mass is 10.2. The Morgan fingerprint density at radius 2 is 2.19 bits per heavy atom. The van der Waals surface area contributed by atoms with Crippen molar-refractivity contribution in [3.63, 3.8) is 0 Å². The van der Waals surface area contributed by atoms with Gasteiger partial charge in [-0.25, -0.2) is 13.1 Å². The maximum absolute atomic E-state index is 12.4. The Morgan fingerprint density at radius 3 is 2.76 bits per heavy atom. The Balaban J connectivity index is 2.24. The third-order valence-corrected chi connectivity index (χ3v) is 4.82. The zero-order valence-corrected chi connectivity index (χ0v) is 12.9. The first-order valence-corrected chi connectivity index (χ1v) is 8.49. The second-order valence-electron chi connectivity index (χ2n) is 4.99. The third-order valence-electron chi connectivity index (χ3n) is 3.40. The first-order chi connectivity index (χ1) is 9.99. The summed E-state index contributed by atoms with van der Waals surface area (Å²) in [6.45, 7) is 6.20. The van der Waals surface area contributed by atoms with Crippen LogP contribution in [0, 0.1) is 0 Å². The van der Waals surface area contributed by atoms with E-state index in [-0.39, 0.29) is 17.3 Å². The van der Waals surface area contributed by atoms with Gasteiger partial charge in [0.25, 0.3) is 5.91 Å². The summed E-state index contributed by atoms with van der Waals surface area (Å²) in [6, 6.07) is 6.46. The smallest absolute Gasteiger partial charge is 0.254 e. The van der Waals surface area contributed by atoms with Crippen LogP contribution < -0.4 is 4.72 Å². The molecule has 1 aliphatic rings. The Morgan fingerprint density at radius 1 is 1.48 bits per heavy atom. The van der Waals surface area contributed by atoms with E-state index >= 15 is 0 Å². The SMILES string of the molecule is C=CCNS(=O)(=O)c1cccc(C(=O)N(CC)C2CC2)c1. The lowest BCUT2D eigenvalue weighted by molar-refractivity contribution is 0.0752. The van der Waals surface area contributed by atoms with E-state index in [4.69, 9.17) is 0 Å². The minimum atomic E-state index is -3.61. The van der Waals surface area contributed by atoms with Crippen molar-refractivity contribution < 1.29 is 13.2 Å². The second-order valence-corrected chi connectivity index (χ2v) is 6.76. The fourth-order valence-corrected chi connectivity index (χ4v) is 3.21. The van der Waals surface area contributed by atoms with Crippen LogP contribution >= 0.6 is 0 Å². The molecular formula is C15H20N2O3S. The van der Waals surface area contributed by atoms with Gasteiger partial charge in [0.15, 0.2) is 0 Å². The summed E-state index contributed by atoms with van der Waals surface area (Å²) in [6.07, 6.45) is 3.52. The number of carbonyl (C=O) groups excluding carboxylic acids is 1. The van der Waals surface area contributed by atoms with Gasteiger partial charge in [-0.2, -0.15) is 0 Å². The van der Waals surface area contributed by atoms with Gasteiger partial charge in [-0.05, 0) is 38.0 Å². The van der Waals surface area contributed by atoms with Crippen LogP contribution in [0.4, 0.5) is 0 Å². The molecule has 1 amide bonds. The van der Waals surface area contributed by atoms with Crippen LogP contribution in [0.2, 0.25) is 0 Å². The molecule has 0 aliphatic heterocycles. The molecule has 1 aromatic carbocycles. The van der Waals surface area contributed by atoms with E-state index in [1.807, 2.05) is 6.92 Å². The fourth-order valence-electron chi connectivity index (χ4n) is 2.17. The molecule has 5 nitrogen and oxygen atoms in total. The van der Waals surface area contributed by atoms with Gasteiger partial charge in [0.1, 0.15) is 0 Å². The molecule has 1 saturated carbocycles. The van der Waals surface area contributed by atoms with Crippen LogP contribution in [0.25, 0.3) is 0 Å². The van der Waals surface area contributed by atoms with Crippen LogP contribution in [0.5, 0.6) is 0 Å². The van der Waals surface area contributed by atoms with Gasteiger partial charge in [0, 0.05) is 24.7 Å². The van der Waals surface area contributed by atoms with Crippen molar-refractivity contribution in [2.24, 2.45) is 0 Å². The summed E-state index contributed by atoms with van der Waals surface area (Å²) in [4.78, 5) is 14.3. The van der Waals surface area contributed by atoms with Crippen molar-refractivity contribution in [1.82, 2.24) is 9.62 Å². The average Bonchev–Trinajstić information content (AvgIpc) is 3.31. The first-order valence-electron chi connectivity index (χ1n) is 7.01. The van der Waals surface area contributed by atoms with Gasteiger partial charge < -0.3 is 4.90 Å². The standard InChI is InChI=1S/C15H20N2O3S/c1-3-10-16-21(19,20)14-7-5-6-12(11-14)15(18)17(4-2)13-8-9-13/h3,5-7,11,13,16H,1,4,8-10H2,2H3. The predicted molar refractivity (Wildman–Crippen MR) is 81.6 cm³/mol. The summed E-state index contributed by atoms with van der Waals surface area (Å²) in [5.74, 6) is -0.110. The minimum Gasteiger partial charge on any atom is -0.336 e. The van der Waals surface area contributed by atoms with Gasteiger partial charge in [0.05, 0.1) is 4.90 Å². The van der Waals surface area contributed by atoms with Crippen molar-refractivity contribution in [3.8, 4) is 0 Å². The highest BCUT2D eigenvalue weighted by Crippen LogP contribution is 2.28. The number of hydrogen-bond donors (Lipinski definition) is 1. The van der Waals surface area contributed by atoms with Crippen LogP contribution in [0.15, 0.2) is 41.8 Å². The van der Waals surface area contributed by atoms with Gasteiger partial charge in [-0.15, -0.1) is 6.58 Å². The molecule has 0 atom stereocenters. The molecule has 0 heterocycles. The molecule has 1 fully saturated rings. The van der Waals surface area contributed by atoms with E-state index in [9.17, 15) is 13.2 Å². The summed E-state index contributed by atoms with van der Waals surface area (Å²) in [5, 5.41) is 0. The number of hydrogen-bond acceptors (Lipinski definition) is 3. The minimum absolute atomic E-state index is 0.0991. The molecule has 1 N–H and O–H groups in total. The molecule has 1 aromatic rings. The normalized spacial score (nSPS) is 14.7. The lowest BCUT2D eigenvalue weighted by Crippen LogP contribution is -2.33. The molecule has 114 valence electrons. The van der Waals surface area contributed by atoms with Gasteiger partial charge in [-0.3, -0.25) is 4.79 Å². The summed E-state index contributed by atoms with van der Waals surface area (Å²) >= 11 is 0. The molecule has 2 rings (SSSR count). The van der Waals surface area contributed by atoms with Crippen LogP contribution in [0.3, 0.4) is 0 Å². The average molecular weight is 308 g/mol. The van der Waals surface area contributed by atoms with E-state index in [1.54, 1.807) is 17.0 Å². The number of sulfonamides is 1. The van der Waals surface area contributed by atoms with E-state index < -0.39 is 10.0 Å². The zero-order valence-electron chi connectivity index (χ0n) is 12.1. The maximum Gasteiger partial charge on any atom is 0.254 e. The zero-order chi connectivity index (χ0) is 15.5. The number of nitrogens with zero attached hydrogens (tertiary/aromatic N) is 1. The Labute approximate surface area is 125 Å². The summed E-state index contributed by atoms with van der Waals surface area (Å²) < 4.78 is 26.5. The van der Waals surface area contributed by atoms with Crippen LogP contribution in [0.1, 0.15) is 30.1 Å². The topological polar surface area (TPSA) is 66.5 Å². The number of benzene rings is 1. The van der Waals surface area contributed by atoms with Gasteiger partial charge in [0.2, 0.25) is 10.0 Å². The monoisotopic (exact) mass is 308 g/mol. The van der Waals surface area contributed by atoms with Crippen molar-refractivity contribution in [3.05, 3.63) is 42.5 Å². The molecular weight excluding hydrogens is 288 g/mol. The predicted octanol–water partition coefficient (Wildman–Crippen LogP) is 1.78. The number of nitrogens with one attached hydrogen (secondary N) is 1. The third kappa shape index (κ3) is 3.71. The van der Waals surface area contributed by atoms with E-state index in [2.05, 4.69) is 11.3 Å². The number of amides is 1. The highest BCUT2D eigenvalue weighted by atomic mass is 32.2. The molecule has 0 saturated heterocycles. The highest BCUT2D eigenvalue weighted by Gasteiger charge is 2.32. The number of carbonyl (C=O) groups is 1. The van der Waals surface area contributed by atoms with E-state index in [0.717, 1.165) is 12.8 Å². The second kappa shape index (κ2) is 6.41. The molecule has 0 aromatic heterocycles. The summed E-state index contributed by atoms with van der Waals surface area (Å²) in [5.41, 5.74) is 0.408. The maximum atomic E-state index is 12.4. The molecule has 0 bridgehead atoms. The van der Waals surface area contributed by atoms with Crippen molar-refractivity contribution in [2.45, 2.75) is 30.7 Å². The van der Waals surface area contributed by atoms with Gasteiger partial charge in [-0.1, -0.05) is 12.1 Å². The largest absolute Gasteiger partial charge is 0.336 e. The molecule has 1 aliphatic carbocycles. The molecule has 6 heteroatoms.